The summed E-state index contributed by atoms with van der Waals surface area (Å²) < 4.78 is 15.9. The Morgan fingerprint density at radius 1 is 1.54 bits per heavy atom. The molecule has 0 radical (unpaired) electrons. The van der Waals surface area contributed by atoms with Crippen LogP contribution in [0.15, 0.2) is 12.7 Å². The Morgan fingerprint density at radius 2 is 2.38 bits per heavy atom. The van der Waals surface area contributed by atoms with E-state index in [1.54, 1.807) is 0 Å². The molecule has 0 aliphatic carbocycles. The van der Waals surface area contributed by atoms with E-state index in [0.717, 1.165) is 12.5 Å². The maximum absolute atomic E-state index is 10.9. The summed E-state index contributed by atoms with van der Waals surface area (Å²) in [5, 5.41) is 0. The number of ether oxygens (including phenoxy) is 3. The number of fused-ring (bicyclic) bond motifs is 1. The molecule has 2 fully saturated rings. The molecular formula is C9H12O4. The summed E-state index contributed by atoms with van der Waals surface area (Å²) in [7, 11) is 0. The minimum absolute atomic E-state index is 0.0658. The van der Waals surface area contributed by atoms with Crippen molar-refractivity contribution in [1.82, 2.24) is 0 Å². The van der Waals surface area contributed by atoms with Crippen LogP contribution in [-0.2, 0) is 19.0 Å². The van der Waals surface area contributed by atoms with Crippen LogP contribution in [0.4, 0.5) is 0 Å². The number of esters is 1. The maximum atomic E-state index is 10.9. The summed E-state index contributed by atoms with van der Waals surface area (Å²) in [4.78, 5) is 10.9. The first kappa shape index (κ1) is 8.72. The van der Waals surface area contributed by atoms with Gasteiger partial charge >= 0.3 is 5.97 Å². The first-order valence-corrected chi connectivity index (χ1v) is 4.37. The van der Waals surface area contributed by atoms with Crippen LogP contribution in [-0.4, -0.2) is 37.5 Å². The minimum Gasteiger partial charge on any atom is -0.454 e. The highest BCUT2D eigenvalue weighted by Gasteiger charge is 2.43. The molecule has 0 aromatic carbocycles. The lowest BCUT2D eigenvalue weighted by atomic mass is 10.1. The van der Waals surface area contributed by atoms with Gasteiger partial charge in [-0.1, -0.05) is 6.58 Å². The van der Waals surface area contributed by atoms with Crippen molar-refractivity contribution in [3.8, 4) is 0 Å². The van der Waals surface area contributed by atoms with Crippen molar-refractivity contribution in [1.29, 1.82) is 0 Å². The largest absolute Gasteiger partial charge is 0.454 e. The zero-order valence-corrected chi connectivity index (χ0v) is 7.27. The Labute approximate surface area is 76.5 Å². The van der Waals surface area contributed by atoms with Gasteiger partial charge in [-0.3, -0.25) is 0 Å². The van der Waals surface area contributed by atoms with Gasteiger partial charge in [0.25, 0.3) is 0 Å². The van der Waals surface area contributed by atoms with Crippen LogP contribution < -0.4 is 0 Å². The topological polar surface area (TPSA) is 44.8 Å². The third-order valence-electron chi connectivity index (χ3n) is 2.35. The average molecular weight is 184 g/mol. The van der Waals surface area contributed by atoms with E-state index >= 15 is 0 Å². The van der Waals surface area contributed by atoms with E-state index in [2.05, 4.69) is 6.58 Å². The van der Waals surface area contributed by atoms with Gasteiger partial charge in [-0.15, -0.1) is 0 Å². The fourth-order valence-corrected chi connectivity index (χ4v) is 1.73. The van der Waals surface area contributed by atoms with E-state index in [-0.39, 0.29) is 18.3 Å². The monoisotopic (exact) mass is 184 g/mol. The fourth-order valence-electron chi connectivity index (χ4n) is 1.73. The third-order valence-corrected chi connectivity index (χ3v) is 2.35. The SMILES string of the molecule is C=CC(=O)O[C@@H]1CO[C@@H]2CCO[C@@H]21. The summed E-state index contributed by atoms with van der Waals surface area (Å²) >= 11 is 0. The molecule has 72 valence electrons. The van der Waals surface area contributed by atoms with Crippen LogP contribution in [0.5, 0.6) is 0 Å². The second-order valence-electron chi connectivity index (χ2n) is 3.18. The molecule has 3 atom stereocenters. The summed E-state index contributed by atoms with van der Waals surface area (Å²) in [6, 6.07) is 0. The van der Waals surface area contributed by atoms with Crippen molar-refractivity contribution in [2.75, 3.05) is 13.2 Å². The Morgan fingerprint density at radius 3 is 3.15 bits per heavy atom. The van der Waals surface area contributed by atoms with E-state index in [1.165, 1.54) is 0 Å². The van der Waals surface area contributed by atoms with Crippen molar-refractivity contribution in [2.45, 2.75) is 24.7 Å². The Bertz CT molecular complexity index is 226. The molecule has 0 amide bonds. The van der Waals surface area contributed by atoms with Gasteiger partial charge < -0.3 is 14.2 Å². The smallest absolute Gasteiger partial charge is 0.330 e. The molecule has 0 aromatic rings. The number of hydrogen-bond acceptors (Lipinski definition) is 4. The lowest BCUT2D eigenvalue weighted by molar-refractivity contribution is -0.147. The Balaban J connectivity index is 1.93. The fraction of sp³-hybridized carbons (Fsp3) is 0.667. The molecule has 0 spiro atoms. The van der Waals surface area contributed by atoms with Crippen molar-refractivity contribution in [2.24, 2.45) is 0 Å². The third kappa shape index (κ3) is 1.59. The van der Waals surface area contributed by atoms with Gasteiger partial charge in [-0.2, -0.15) is 0 Å². The van der Waals surface area contributed by atoms with Gasteiger partial charge in [0.2, 0.25) is 0 Å². The molecule has 0 bridgehead atoms. The van der Waals surface area contributed by atoms with Gasteiger partial charge in [-0.05, 0) is 6.42 Å². The minimum atomic E-state index is -0.412. The predicted octanol–water partition coefficient (Wildman–Crippen LogP) is 0.272. The van der Waals surface area contributed by atoms with Crippen LogP contribution in [0.25, 0.3) is 0 Å². The lowest BCUT2D eigenvalue weighted by Crippen LogP contribution is -2.31. The number of carbonyl (C=O) groups excluding carboxylic acids is 1. The van der Waals surface area contributed by atoms with Crippen LogP contribution in [0.1, 0.15) is 6.42 Å². The first-order chi connectivity index (χ1) is 6.31. The predicted molar refractivity (Wildman–Crippen MR) is 44.2 cm³/mol. The highest BCUT2D eigenvalue weighted by atomic mass is 16.6. The average Bonchev–Trinajstić information content (AvgIpc) is 2.69. The summed E-state index contributed by atoms with van der Waals surface area (Å²) in [5.41, 5.74) is 0. The highest BCUT2D eigenvalue weighted by Crippen LogP contribution is 2.28. The molecule has 2 saturated heterocycles. The van der Waals surface area contributed by atoms with Crippen LogP contribution >= 0.6 is 0 Å². The molecule has 4 nitrogen and oxygen atoms in total. The van der Waals surface area contributed by atoms with Crippen molar-refractivity contribution < 1.29 is 19.0 Å². The first-order valence-electron chi connectivity index (χ1n) is 4.37. The summed E-state index contributed by atoms with van der Waals surface area (Å²) in [6.45, 7) is 4.46. The highest BCUT2D eigenvalue weighted by molar-refractivity contribution is 5.81. The summed E-state index contributed by atoms with van der Waals surface area (Å²) in [6.07, 6.45) is 1.85. The maximum Gasteiger partial charge on any atom is 0.330 e. The molecule has 0 saturated carbocycles. The number of rotatable bonds is 2. The second-order valence-corrected chi connectivity index (χ2v) is 3.18. The van der Waals surface area contributed by atoms with E-state index in [0.29, 0.717) is 13.2 Å². The normalized spacial score (nSPS) is 37.1. The Kier molecular flexibility index (Phi) is 2.33. The standard InChI is InChI=1S/C9H12O4/c1-2-8(10)13-7-5-12-6-3-4-11-9(6)7/h2,6-7,9H,1,3-5H2/t6-,7-,9+/m1/s1. The number of hydrogen-bond donors (Lipinski definition) is 0. The van der Waals surface area contributed by atoms with Gasteiger partial charge in [0.1, 0.15) is 6.10 Å². The zero-order chi connectivity index (χ0) is 9.26. The molecule has 0 aromatic heterocycles. The van der Waals surface area contributed by atoms with Crippen molar-refractivity contribution in [3.05, 3.63) is 12.7 Å². The summed E-state index contributed by atoms with van der Waals surface area (Å²) in [5.74, 6) is -0.412. The molecular weight excluding hydrogens is 172 g/mol. The van der Waals surface area contributed by atoms with Crippen molar-refractivity contribution in [3.63, 3.8) is 0 Å². The van der Waals surface area contributed by atoms with E-state index in [1.807, 2.05) is 0 Å². The number of carbonyl (C=O) groups is 1. The van der Waals surface area contributed by atoms with Crippen LogP contribution in [0.3, 0.4) is 0 Å². The molecule has 0 unspecified atom stereocenters. The molecule has 2 heterocycles. The van der Waals surface area contributed by atoms with E-state index in [9.17, 15) is 4.79 Å². The zero-order valence-electron chi connectivity index (χ0n) is 7.27. The molecule has 2 rings (SSSR count). The second kappa shape index (κ2) is 3.47. The van der Waals surface area contributed by atoms with Gasteiger partial charge in [-0.25, -0.2) is 4.79 Å². The van der Waals surface area contributed by atoms with Crippen LogP contribution in [0, 0.1) is 0 Å². The van der Waals surface area contributed by atoms with E-state index in [4.69, 9.17) is 14.2 Å². The van der Waals surface area contributed by atoms with E-state index < -0.39 is 5.97 Å². The quantitative estimate of drug-likeness (QED) is 0.456. The van der Waals surface area contributed by atoms with Gasteiger partial charge in [0.05, 0.1) is 12.7 Å². The Hall–Kier alpha value is -0.870. The molecule has 2 aliphatic heterocycles. The molecule has 13 heavy (non-hydrogen) atoms. The van der Waals surface area contributed by atoms with Crippen molar-refractivity contribution >= 4 is 5.97 Å². The van der Waals surface area contributed by atoms with Gasteiger partial charge in [0, 0.05) is 12.7 Å². The lowest BCUT2D eigenvalue weighted by Gasteiger charge is -2.15. The molecule has 0 N–H and O–H groups in total. The molecule has 2 aliphatic rings. The van der Waals surface area contributed by atoms with Crippen LogP contribution in [0.2, 0.25) is 0 Å². The van der Waals surface area contributed by atoms with Gasteiger partial charge in [0.15, 0.2) is 6.10 Å². The molecule has 4 heteroatoms.